The van der Waals surface area contributed by atoms with Crippen LogP contribution in [0.1, 0.15) is 24.8 Å². The van der Waals surface area contributed by atoms with Gasteiger partial charge >= 0.3 is 6.18 Å². The zero-order chi connectivity index (χ0) is 16.4. The number of carbonyl (C=O) groups is 1. The van der Waals surface area contributed by atoms with E-state index in [9.17, 15) is 18.0 Å². The minimum atomic E-state index is -4.41. The molecule has 2 aliphatic heterocycles. The molecular formula is C15H19ClF3N3O2. The summed E-state index contributed by atoms with van der Waals surface area (Å²) in [5.41, 5.74) is -0.805. The number of halogens is 4. The van der Waals surface area contributed by atoms with Gasteiger partial charge in [-0.1, -0.05) is 0 Å². The standard InChI is InChI=1S/C15H18F3N3O2.ClH/c16-15(17,18)10-3-4-13(20-8-10)23-11-5-7-21(9-11)14(22)12-2-1-6-19-12;/h3-4,8,11-12,19H,1-2,5-7,9H2;1H. The van der Waals surface area contributed by atoms with E-state index in [2.05, 4.69) is 10.3 Å². The maximum absolute atomic E-state index is 12.5. The first-order valence-corrected chi connectivity index (χ1v) is 7.65. The number of ether oxygens (including phenoxy) is 1. The SMILES string of the molecule is Cl.O=C(C1CCCN1)N1CCC(Oc2ccc(C(F)(F)F)cn2)C1. The number of pyridine rings is 1. The largest absolute Gasteiger partial charge is 0.472 e. The van der Waals surface area contributed by atoms with Crippen LogP contribution in [0.15, 0.2) is 18.3 Å². The Morgan fingerprint density at radius 2 is 2.12 bits per heavy atom. The predicted octanol–water partition coefficient (Wildman–Crippen LogP) is 2.25. The lowest BCUT2D eigenvalue weighted by atomic mass is 10.2. The van der Waals surface area contributed by atoms with E-state index in [4.69, 9.17) is 4.74 Å². The van der Waals surface area contributed by atoms with Gasteiger partial charge in [0, 0.05) is 25.2 Å². The van der Waals surface area contributed by atoms with Crippen LogP contribution >= 0.6 is 12.4 Å². The molecule has 9 heteroatoms. The number of nitrogens with one attached hydrogen (secondary N) is 1. The number of hydrogen-bond donors (Lipinski definition) is 1. The third-order valence-corrected chi connectivity index (χ3v) is 4.17. The Morgan fingerprint density at radius 1 is 1.33 bits per heavy atom. The first-order valence-electron chi connectivity index (χ1n) is 7.65. The van der Waals surface area contributed by atoms with Crippen molar-refractivity contribution in [2.45, 2.75) is 37.6 Å². The molecule has 0 saturated carbocycles. The van der Waals surface area contributed by atoms with E-state index in [-0.39, 0.29) is 36.3 Å². The summed E-state index contributed by atoms with van der Waals surface area (Å²) in [6.07, 6.45) is -1.38. The molecule has 134 valence electrons. The van der Waals surface area contributed by atoms with E-state index < -0.39 is 11.7 Å². The maximum atomic E-state index is 12.5. The van der Waals surface area contributed by atoms with Crippen molar-refractivity contribution >= 4 is 18.3 Å². The Bertz CT molecular complexity index is 562. The van der Waals surface area contributed by atoms with E-state index in [1.165, 1.54) is 6.07 Å². The highest BCUT2D eigenvalue weighted by atomic mass is 35.5. The molecule has 0 aliphatic carbocycles. The Kier molecular flexibility index (Phi) is 5.92. The average Bonchev–Trinajstić information content (AvgIpc) is 3.18. The summed E-state index contributed by atoms with van der Waals surface area (Å²) in [7, 11) is 0. The highest BCUT2D eigenvalue weighted by molar-refractivity contribution is 5.85. The van der Waals surface area contributed by atoms with Crippen LogP contribution in [0.4, 0.5) is 13.2 Å². The van der Waals surface area contributed by atoms with Crippen LogP contribution in [0.5, 0.6) is 5.88 Å². The van der Waals surface area contributed by atoms with Gasteiger partial charge in [0.15, 0.2) is 0 Å². The number of rotatable bonds is 3. The van der Waals surface area contributed by atoms with Crippen LogP contribution in [0.25, 0.3) is 0 Å². The summed E-state index contributed by atoms with van der Waals surface area (Å²) in [6.45, 7) is 1.90. The molecular weight excluding hydrogens is 347 g/mol. The molecule has 0 aromatic carbocycles. The Morgan fingerprint density at radius 3 is 2.71 bits per heavy atom. The molecule has 2 aliphatic rings. The van der Waals surface area contributed by atoms with Crippen LogP contribution in [0, 0.1) is 0 Å². The maximum Gasteiger partial charge on any atom is 0.417 e. The van der Waals surface area contributed by atoms with Crippen molar-refractivity contribution in [2.75, 3.05) is 19.6 Å². The highest BCUT2D eigenvalue weighted by Gasteiger charge is 2.34. The second-order valence-corrected chi connectivity index (χ2v) is 5.84. The van der Waals surface area contributed by atoms with Gasteiger partial charge in [0.2, 0.25) is 11.8 Å². The molecule has 2 atom stereocenters. The van der Waals surface area contributed by atoms with Crippen molar-refractivity contribution in [3.05, 3.63) is 23.9 Å². The zero-order valence-electron chi connectivity index (χ0n) is 12.9. The fourth-order valence-electron chi connectivity index (χ4n) is 2.93. The minimum absolute atomic E-state index is 0. The molecule has 1 amide bonds. The molecule has 0 spiro atoms. The van der Waals surface area contributed by atoms with Crippen LogP contribution in [-0.4, -0.2) is 47.6 Å². The first-order chi connectivity index (χ1) is 10.9. The van der Waals surface area contributed by atoms with Gasteiger partial charge in [0.1, 0.15) is 6.10 Å². The second kappa shape index (κ2) is 7.57. The third kappa shape index (κ3) is 4.30. The van der Waals surface area contributed by atoms with E-state index in [0.717, 1.165) is 31.6 Å². The fraction of sp³-hybridized carbons (Fsp3) is 0.600. The zero-order valence-corrected chi connectivity index (χ0v) is 13.7. The Labute approximate surface area is 144 Å². The van der Waals surface area contributed by atoms with Crippen molar-refractivity contribution in [3.8, 4) is 5.88 Å². The van der Waals surface area contributed by atoms with Gasteiger partial charge < -0.3 is 15.0 Å². The topological polar surface area (TPSA) is 54.5 Å². The van der Waals surface area contributed by atoms with E-state index in [1.54, 1.807) is 4.90 Å². The van der Waals surface area contributed by atoms with Crippen molar-refractivity contribution in [3.63, 3.8) is 0 Å². The van der Waals surface area contributed by atoms with Gasteiger partial charge in [-0.2, -0.15) is 13.2 Å². The van der Waals surface area contributed by atoms with Crippen LogP contribution in [0.3, 0.4) is 0 Å². The lowest BCUT2D eigenvalue weighted by Gasteiger charge is -2.20. The molecule has 5 nitrogen and oxygen atoms in total. The number of carbonyl (C=O) groups excluding carboxylic acids is 1. The highest BCUT2D eigenvalue weighted by Crippen LogP contribution is 2.29. The minimum Gasteiger partial charge on any atom is -0.472 e. The third-order valence-electron chi connectivity index (χ3n) is 4.17. The molecule has 3 rings (SSSR count). The molecule has 2 saturated heterocycles. The van der Waals surface area contributed by atoms with Gasteiger partial charge in [0.25, 0.3) is 0 Å². The van der Waals surface area contributed by atoms with Crippen molar-refractivity contribution in [2.24, 2.45) is 0 Å². The summed E-state index contributed by atoms with van der Waals surface area (Å²) in [5, 5.41) is 3.17. The monoisotopic (exact) mass is 365 g/mol. The van der Waals surface area contributed by atoms with Gasteiger partial charge in [-0.25, -0.2) is 4.98 Å². The predicted molar refractivity (Wildman–Crippen MR) is 83.1 cm³/mol. The first kappa shape index (κ1) is 18.8. The molecule has 1 aromatic heterocycles. The number of alkyl halides is 3. The molecule has 2 fully saturated rings. The Hall–Kier alpha value is -1.54. The lowest BCUT2D eigenvalue weighted by molar-refractivity contribution is -0.138. The number of amides is 1. The second-order valence-electron chi connectivity index (χ2n) is 5.84. The average molecular weight is 366 g/mol. The van der Waals surface area contributed by atoms with Gasteiger partial charge in [0.05, 0.1) is 18.2 Å². The van der Waals surface area contributed by atoms with E-state index in [1.807, 2.05) is 0 Å². The van der Waals surface area contributed by atoms with Crippen molar-refractivity contribution in [1.82, 2.24) is 15.2 Å². The summed E-state index contributed by atoms with van der Waals surface area (Å²) in [6, 6.07) is 2.05. The molecule has 0 bridgehead atoms. The molecule has 0 radical (unpaired) electrons. The van der Waals surface area contributed by atoms with Crippen LogP contribution in [-0.2, 0) is 11.0 Å². The van der Waals surface area contributed by atoms with Crippen molar-refractivity contribution < 1.29 is 22.7 Å². The van der Waals surface area contributed by atoms with Crippen LogP contribution in [0.2, 0.25) is 0 Å². The smallest absolute Gasteiger partial charge is 0.417 e. The van der Waals surface area contributed by atoms with E-state index >= 15 is 0 Å². The quantitative estimate of drug-likeness (QED) is 0.892. The number of likely N-dealkylation sites (tertiary alicyclic amines) is 1. The molecule has 2 unspecified atom stereocenters. The summed E-state index contributed by atoms with van der Waals surface area (Å²) >= 11 is 0. The van der Waals surface area contributed by atoms with Gasteiger partial charge in [-0.3, -0.25) is 4.79 Å². The molecule has 3 heterocycles. The summed E-state index contributed by atoms with van der Waals surface area (Å²) < 4.78 is 43.0. The van der Waals surface area contributed by atoms with Gasteiger partial charge in [-0.15, -0.1) is 12.4 Å². The normalized spacial score (nSPS) is 23.9. The molecule has 24 heavy (non-hydrogen) atoms. The number of hydrogen-bond acceptors (Lipinski definition) is 4. The molecule has 1 aromatic rings. The number of aromatic nitrogens is 1. The number of nitrogens with zero attached hydrogens (tertiary/aromatic N) is 2. The van der Waals surface area contributed by atoms with Crippen LogP contribution < -0.4 is 10.1 Å². The fourth-order valence-corrected chi connectivity index (χ4v) is 2.93. The summed E-state index contributed by atoms with van der Waals surface area (Å²) in [4.78, 5) is 17.7. The van der Waals surface area contributed by atoms with Crippen molar-refractivity contribution in [1.29, 1.82) is 0 Å². The summed E-state index contributed by atoms with van der Waals surface area (Å²) in [5.74, 6) is 0.227. The van der Waals surface area contributed by atoms with E-state index in [0.29, 0.717) is 19.5 Å². The Balaban J connectivity index is 0.00000208. The van der Waals surface area contributed by atoms with Gasteiger partial charge in [-0.05, 0) is 25.5 Å². The lowest BCUT2D eigenvalue weighted by Crippen LogP contribution is -2.43. The molecule has 1 N–H and O–H groups in total.